The van der Waals surface area contributed by atoms with Crippen LogP contribution in [0.15, 0.2) is 18.2 Å². The van der Waals surface area contributed by atoms with E-state index in [4.69, 9.17) is 0 Å². The van der Waals surface area contributed by atoms with E-state index in [9.17, 15) is 19.7 Å². The second kappa shape index (κ2) is 9.00. The zero-order chi connectivity index (χ0) is 18.2. The summed E-state index contributed by atoms with van der Waals surface area (Å²) < 4.78 is 0. The van der Waals surface area contributed by atoms with E-state index in [1.54, 1.807) is 19.1 Å². The lowest BCUT2D eigenvalue weighted by Gasteiger charge is -2.22. The van der Waals surface area contributed by atoms with Gasteiger partial charge in [0.25, 0.3) is 11.6 Å². The van der Waals surface area contributed by atoms with Crippen molar-refractivity contribution < 1.29 is 14.5 Å². The highest BCUT2D eigenvalue weighted by Gasteiger charge is 2.22. The van der Waals surface area contributed by atoms with Gasteiger partial charge in [-0.15, -0.1) is 0 Å². The first-order valence-electron chi connectivity index (χ1n) is 8.61. The number of nitrogens with zero attached hydrogens (tertiary/aromatic N) is 2. The summed E-state index contributed by atoms with van der Waals surface area (Å²) in [7, 11) is 0. The summed E-state index contributed by atoms with van der Waals surface area (Å²) >= 11 is 0. The van der Waals surface area contributed by atoms with E-state index in [0.717, 1.165) is 38.8 Å². The zero-order valence-electron chi connectivity index (χ0n) is 14.4. The number of hydrogen-bond donors (Lipinski definition) is 2. The summed E-state index contributed by atoms with van der Waals surface area (Å²) in [5.74, 6) is -0.802. The van der Waals surface area contributed by atoms with Crippen molar-refractivity contribution in [3.05, 3.63) is 33.9 Å². The van der Waals surface area contributed by atoms with Crippen molar-refractivity contribution in [3.8, 4) is 0 Å². The van der Waals surface area contributed by atoms with E-state index < -0.39 is 10.8 Å². The Morgan fingerprint density at radius 2 is 1.84 bits per heavy atom. The Balaban J connectivity index is 2.15. The van der Waals surface area contributed by atoms with Gasteiger partial charge in [-0.25, -0.2) is 0 Å². The van der Waals surface area contributed by atoms with Crippen LogP contribution in [0.3, 0.4) is 0 Å². The lowest BCUT2D eigenvalue weighted by Crippen LogP contribution is -2.36. The number of anilines is 1. The second-order valence-corrected chi connectivity index (χ2v) is 6.00. The Kier molecular flexibility index (Phi) is 6.73. The van der Waals surface area contributed by atoms with E-state index >= 15 is 0 Å². The van der Waals surface area contributed by atoms with E-state index in [2.05, 4.69) is 10.6 Å². The standard InChI is InChI=1S/C17H24N4O4/c1-2-18-16(22)12-19-17(23)13-7-8-14(15(11-13)21(24)25)20-9-5-3-4-6-10-20/h7-8,11H,2-6,9-10,12H2,1H3,(H,18,22)(H,19,23). The Morgan fingerprint density at radius 1 is 1.16 bits per heavy atom. The van der Waals surface area contributed by atoms with Crippen LogP contribution in [0.25, 0.3) is 0 Å². The summed E-state index contributed by atoms with van der Waals surface area (Å²) in [6.45, 7) is 3.66. The highest BCUT2D eigenvalue weighted by molar-refractivity contribution is 5.97. The molecule has 136 valence electrons. The van der Waals surface area contributed by atoms with Gasteiger partial charge in [-0.3, -0.25) is 19.7 Å². The second-order valence-electron chi connectivity index (χ2n) is 6.00. The van der Waals surface area contributed by atoms with Crippen molar-refractivity contribution >= 4 is 23.2 Å². The fraction of sp³-hybridized carbons (Fsp3) is 0.529. The molecule has 25 heavy (non-hydrogen) atoms. The largest absolute Gasteiger partial charge is 0.366 e. The predicted octanol–water partition coefficient (Wildman–Crippen LogP) is 1.84. The van der Waals surface area contributed by atoms with Gasteiger partial charge in [0.05, 0.1) is 11.5 Å². The third kappa shape index (κ3) is 5.17. The number of carbonyl (C=O) groups is 2. The quantitative estimate of drug-likeness (QED) is 0.603. The van der Waals surface area contributed by atoms with E-state index in [1.807, 2.05) is 4.90 Å². The molecule has 0 aliphatic carbocycles. The Bertz CT molecular complexity index is 640. The third-order valence-electron chi connectivity index (χ3n) is 4.16. The molecule has 0 aromatic heterocycles. The molecule has 1 aliphatic heterocycles. The van der Waals surface area contributed by atoms with Gasteiger partial charge in [0, 0.05) is 31.3 Å². The van der Waals surface area contributed by atoms with Crippen LogP contribution in [0.2, 0.25) is 0 Å². The third-order valence-corrected chi connectivity index (χ3v) is 4.16. The number of likely N-dealkylation sites (N-methyl/N-ethyl adjacent to an activating group) is 1. The number of hydrogen-bond acceptors (Lipinski definition) is 5. The molecule has 8 heteroatoms. The first kappa shape index (κ1) is 18.7. The number of amides is 2. The fourth-order valence-corrected chi connectivity index (χ4v) is 2.91. The van der Waals surface area contributed by atoms with Crippen molar-refractivity contribution in [3.63, 3.8) is 0 Å². The predicted molar refractivity (Wildman–Crippen MR) is 94.8 cm³/mol. The molecule has 1 aromatic carbocycles. The summed E-state index contributed by atoms with van der Waals surface area (Å²) in [6.07, 6.45) is 4.27. The van der Waals surface area contributed by atoms with Gasteiger partial charge in [0.15, 0.2) is 0 Å². The number of rotatable bonds is 6. The molecule has 1 heterocycles. The maximum atomic E-state index is 12.1. The van der Waals surface area contributed by atoms with Crippen molar-refractivity contribution in [2.45, 2.75) is 32.6 Å². The monoisotopic (exact) mass is 348 g/mol. The molecule has 1 saturated heterocycles. The number of carbonyl (C=O) groups excluding carboxylic acids is 2. The molecule has 1 aliphatic rings. The lowest BCUT2D eigenvalue weighted by molar-refractivity contribution is -0.384. The van der Waals surface area contributed by atoms with Gasteiger partial charge in [-0.1, -0.05) is 12.8 Å². The van der Waals surface area contributed by atoms with Crippen LogP contribution < -0.4 is 15.5 Å². The molecule has 2 N–H and O–H groups in total. The highest BCUT2D eigenvalue weighted by atomic mass is 16.6. The maximum absolute atomic E-state index is 12.1. The number of nitro groups is 1. The maximum Gasteiger partial charge on any atom is 0.293 e. The first-order valence-corrected chi connectivity index (χ1v) is 8.61. The Hall–Kier alpha value is -2.64. The molecule has 2 rings (SSSR count). The van der Waals surface area contributed by atoms with Crippen LogP contribution >= 0.6 is 0 Å². The van der Waals surface area contributed by atoms with Gasteiger partial charge in [-0.05, 0) is 31.9 Å². The molecular weight excluding hydrogens is 324 g/mol. The van der Waals surface area contributed by atoms with E-state index in [0.29, 0.717) is 12.2 Å². The number of benzene rings is 1. The molecule has 1 aromatic rings. The molecule has 1 fully saturated rings. The normalized spacial score (nSPS) is 14.5. The Morgan fingerprint density at radius 3 is 2.44 bits per heavy atom. The first-order chi connectivity index (χ1) is 12.0. The van der Waals surface area contributed by atoms with Crippen molar-refractivity contribution in [2.75, 3.05) is 31.1 Å². The van der Waals surface area contributed by atoms with Crippen LogP contribution in [0.4, 0.5) is 11.4 Å². The lowest BCUT2D eigenvalue weighted by atomic mass is 10.1. The van der Waals surface area contributed by atoms with Crippen molar-refractivity contribution in [1.82, 2.24) is 10.6 Å². The van der Waals surface area contributed by atoms with Crippen LogP contribution in [0, 0.1) is 10.1 Å². The summed E-state index contributed by atoms with van der Waals surface area (Å²) in [6, 6.07) is 4.48. The molecule has 8 nitrogen and oxygen atoms in total. The van der Waals surface area contributed by atoms with Crippen LogP contribution in [0.5, 0.6) is 0 Å². The highest BCUT2D eigenvalue weighted by Crippen LogP contribution is 2.31. The van der Waals surface area contributed by atoms with Gasteiger partial charge in [0.2, 0.25) is 5.91 Å². The SMILES string of the molecule is CCNC(=O)CNC(=O)c1ccc(N2CCCCCC2)c([N+](=O)[O-])c1. The minimum Gasteiger partial charge on any atom is -0.366 e. The number of nitro benzene ring substituents is 1. The van der Waals surface area contributed by atoms with Crippen molar-refractivity contribution in [1.29, 1.82) is 0 Å². The fourth-order valence-electron chi connectivity index (χ4n) is 2.91. The molecule has 0 unspecified atom stereocenters. The van der Waals surface area contributed by atoms with Crippen LogP contribution in [0.1, 0.15) is 43.0 Å². The minimum atomic E-state index is -0.503. The molecule has 0 radical (unpaired) electrons. The number of nitrogens with one attached hydrogen (secondary N) is 2. The molecule has 0 saturated carbocycles. The topological polar surface area (TPSA) is 105 Å². The van der Waals surface area contributed by atoms with Gasteiger partial charge >= 0.3 is 0 Å². The average Bonchev–Trinajstić information content (AvgIpc) is 2.88. The molecule has 0 atom stereocenters. The summed E-state index contributed by atoms with van der Waals surface area (Å²) in [5, 5.41) is 16.5. The van der Waals surface area contributed by atoms with E-state index in [-0.39, 0.29) is 23.7 Å². The molecule has 0 spiro atoms. The molecule has 0 bridgehead atoms. The molecule has 2 amide bonds. The average molecular weight is 348 g/mol. The van der Waals surface area contributed by atoms with Gasteiger partial charge in [-0.2, -0.15) is 0 Å². The van der Waals surface area contributed by atoms with Crippen LogP contribution in [-0.4, -0.2) is 42.9 Å². The van der Waals surface area contributed by atoms with Gasteiger partial charge < -0.3 is 15.5 Å². The smallest absolute Gasteiger partial charge is 0.293 e. The summed E-state index contributed by atoms with van der Waals surface area (Å²) in [4.78, 5) is 36.6. The molecular formula is C17H24N4O4. The van der Waals surface area contributed by atoms with Crippen LogP contribution in [-0.2, 0) is 4.79 Å². The van der Waals surface area contributed by atoms with Crippen molar-refractivity contribution in [2.24, 2.45) is 0 Å². The van der Waals surface area contributed by atoms with Gasteiger partial charge in [0.1, 0.15) is 5.69 Å². The zero-order valence-corrected chi connectivity index (χ0v) is 14.4. The summed E-state index contributed by atoms with van der Waals surface area (Å²) in [5.41, 5.74) is 0.648. The Labute approximate surface area is 146 Å². The van der Waals surface area contributed by atoms with E-state index in [1.165, 1.54) is 6.07 Å². The minimum absolute atomic E-state index is 0.0763.